The van der Waals surface area contributed by atoms with Crippen LogP contribution in [0.25, 0.3) is 0 Å². The lowest BCUT2D eigenvalue weighted by Gasteiger charge is -2.16. The Kier molecular flexibility index (Phi) is 5.02. The molecule has 8 nitrogen and oxygen atoms in total. The fraction of sp³-hybridized carbons (Fsp3) is 0.222. The van der Waals surface area contributed by atoms with E-state index < -0.39 is 31.9 Å². The number of ketones is 1. The van der Waals surface area contributed by atoms with Crippen molar-refractivity contribution in [2.24, 2.45) is 5.92 Å². The van der Waals surface area contributed by atoms with Gasteiger partial charge in [-0.2, -0.15) is 0 Å². The van der Waals surface area contributed by atoms with E-state index in [4.69, 9.17) is 0 Å². The van der Waals surface area contributed by atoms with Crippen LogP contribution < -0.4 is 9.03 Å². The summed E-state index contributed by atoms with van der Waals surface area (Å²) in [5.41, 5.74) is 0.831. The summed E-state index contributed by atoms with van der Waals surface area (Å²) < 4.78 is 52.4. The molecule has 10 heteroatoms. The number of Topliss-reactive ketones (excluding diaryl/α,β-unsaturated/α-hetero) is 1. The van der Waals surface area contributed by atoms with E-state index in [-0.39, 0.29) is 27.8 Å². The predicted octanol–water partition coefficient (Wildman–Crippen LogP) is 2.00. The zero-order valence-electron chi connectivity index (χ0n) is 15.1. The Morgan fingerprint density at radius 2 is 1.64 bits per heavy atom. The Balaban J connectivity index is 1.84. The van der Waals surface area contributed by atoms with Gasteiger partial charge in [0, 0.05) is 11.3 Å². The van der Waals surface area contributed by atoms with Crippen LogP contribution in [0.2, 0.25) is 0 Å². The SMILES string of the molecule is CC(=O)c1ccc(NS(=O)(=O)c2ccc(N3C(=O)C(C)CS3(=O)=O)cc2)cc1. The van der Waals surface area contributed by atoms with E-state index in [9.17, 15) is 26.4 Å². The minimum Gasteiger partial charge on any atom is -0.295 e. The molecule has 28 heavy (non-hydrogen) atoms. The normalized spacial score (nSPS) is 18.9. The zero-order chi connectivity index (χ0) is 20.7. The van der Waals surface area contributed by atoms with Crippen LogP contribution >= 0.6 is 0 Å². The summed E-state index contributed by atoms with van der Waals surface area (Å²) in [4.78, 5) is 23.3. The van der Waals surface area contributed by atoms with Crippen molar-refractivity contribution in [3.05, 3.63) is 54.1 Å². The average molecular weight is 422 g/mol. The summed E-state index contributed by atoms with van der Waals surface area (Å²) in [6.45, 7) is 2.94. The molecule has 2 aromatic carbocycles. The lowest BCUT2D eigenvalue weighted by Crippen LogP contribution is -2.30. The second kappa shape index (κ2) is 7.02. The van der Waals surface area contributed by atoms with Crippen LogP contribution in [0.5, 0.6) is 0 Å². The molecule has 1 amide bonds. The topological polar surface area (TPSA) is 118 Å². The van der Waals surface area contributed by atoms with E-state index in [0.29, 0.717) is 9.87 Å². The summed E-state index contributed by atoms with van der Waals surface area (Å²) in [5.74, 6) is -1.60. The molecular formula is C18H18N2O6S2. The van der Waals surface area contributed by atoms with E-state index in [0.717, 1.165) is 0 Å². The molecule has 0 radical (unpaired) electrons. The summed E-state index contributed by atoms with van der Waals surface area (Å²) in [6.07, 6.45) is 0. The van der Waals surface area contributed by atoms with Crippen molar-refractivity contribution < 1.29 is 26.4 Å². The van der Waals surface area contributed by atoms with E-state index >= 15 is 0 Å². The number of nitrogens with zero attached hydrogens (tertiary/aromatic N) is 1. The highest BCUT2D eigenvalue weighted by molar-refractivity contribution is 7.94. The number of nitrogens with one attached hydrogen (secondary N) is 1. The van der Waals surface area contributed by atoms with Crippen LogP contribution in [0, 0.1) is 5.92 Å². The fourth-order valence-corrected chi connectivity index (χ4v) is 5.71. The van der Waals surface area contributed by atoms with Crippen LogP contribution in [0.1, 0.15) is 24.2 Å². The van der Waals surface area contributed by atoms with Crippen LogP contribution in [0.15, 0.2) is 53.4 Å². The van der Waals surface area contributed by atoms with Crippen molar-refractivity contribution in [3.63, 3.8) is 0 Å². The molecule has 0 saturated carbocycles. The van der Waals surface area contributed by atoms with Crippen molar-refractivity contribution in [2.75, 3.05) is 14.8 Å². The van der Waals surface area contributed by atoms with Gasteiger partial charge in [0.1, 0.15) is 0 Å². The van der Waals surface area contributed by atoms with Gasteiger partial charge in [0.15, 0.2) is 5.78 Å². The highest BCUT2D eigenvalue weighted by Gasteiger charge is 2.41. The number of carbonyl (C=O) groups excluding carboxylic acids is 2. The Morgan fingerprint density at radius 3 is 2.11 bits per heavy atom. The highest BCUT2D eigenvalue weighted by Crippen LogP contribution is 2.29. The first-order chi connectivity index (χ1) is 13.0. The molecule has 0 bridgehead atoms. The van der Waals surface area contributed by atoms with Crippen LogP contribution in [-0.4, -0.2) is 34.3 Å². The van der Waals surface area contributed by atoms with Gasteiger partial charge in [0.25, 0.3) is 10.0 Å². The minimum atomic E-state index is -3.93. The van der Waals surface area contributed by atoms with Crippen LogP contribution in [0.3, 0.4) is 0 Å². The first-order valence-electron chi connectivity index (χ1n) is 8.32. The van der Waals surface area contributed by atoms with Crippen molar-refractivity contribution in [2.45, 2.75) is 18.7 Å². The zero-order valence-corrected chi connectivity index (χ0v) is 16.7. The molecule has 0 spiro atoms. The smallest absolute Gasteiger partial charge is 0.261 e. The second-order valence-corrected chi connectivity index (χ2v) is 10.1. The fourth-order valence-electron chi connectivity index (χ4n) is 2.83. The number of sulfonamides is 2. The number of hydrogen-bond donors (Lipinski definition) is 1. The van der Waals surface area contributed by atoms with Crippen molar-refractivity contribution >= 4 is 43.1 Å². The average Bonchev–Trinajstić information content (AvgIpc) is 2.82. The second-order valence-electron chi connectivity index (χ2n) is 6.52. The molecule has 1 fully saturated rings. The molecule has 1 N–H and O–H groups in total. The summed E-state index contributed by atoms with van der Waals surface area (Å²) >= 11 is 0. The molecule has 0 aliphatic carbocycles. The Bertz CT molecular complexity index is 1140. The molecule has 1 aliphatic rings. The summed E-state index contributed by atoms with van der Waals surface area (Å²) in [5, 5.41) is 0. The number of rotatable bonds is 5. The maximum Gasteiger partial charge on any atom is 0.261 e. The van der Waals surface area contributed by atoms with Gasteiger partial charge in [0.05, 0.1) is 22.3 Å². The van der Waals surface area contributed by atoms with Gasteiger partial charge >= 0.3 is 0 Å². The van der Waals surface area contributed by atoms with E-state index in [1.54, 1.807) is 0 Å². The summed E-state index contributed by atoms with van der Waals surface area (Å²) in [7, 11) is -7.68. The highest BCUT2D eigenvalue weighted by atomic mass is 32.2. The van der Waals surface area contributed by atoms with Crippen molar-refractivity contribution in [3.8, 4) is 0 Å². The quantitative estimate of drug-likeness (QED) is 0.737. The summed E-state index contributed by atoms with van der Waals surface area (Å²) in [6, 6.07) is 11.0. The lowest BCUT2D eigenvalue weighted by atomic mass is 10.1. The predicted molar refractivity (Wildman–Crippen MR) is 104 cm³/mol. The molecule has 0 aromatic heterocycles. The third kappa shape index (κ3) is 3.78. The van der Waals surface area contributed by atoms with Crippen molar-refractivity contribution in [1.29, 1.82) is 0 Å². The minimum absolute atomic E-state index is 0.0935. The maximum atomic E-state index is 12.5. The van der Waals surface area contributed by atoms with E-state index in [1.807, 2.05) is 0 Å². The maximum absolute atomic E-state index is 12.5. The largest absolute Gasteiger partial charge is 0.295 e. The number of anilines is 2. The molecule has 1 aliphatic heterocycles. The lowest BCUT2D eigenvalue weighted by molar-refractivity contribution is -0.119. The molecular weight excluding hydrogens is 404 g/mol. The Labute approximate surface area is 163 Å². The molecule has 1 unspecified atom stereocenters. The van der Waals surface area contributed by atoms with Crippen molar-refractivity contribution in [1.82, 2.24) is 0 Å². The number of amides is 1. The van der Waals surface area contributed by atoms with Gasteiger partial charge in [-0.25, -0.2) is 21.1 Å². The molecule has 3 rings (SSSR count). The van der Waals surface area contributed by atoms with Gasteiger partial charge < -0.3 is 0 Å². The number of benzene rings is 2. The van der Waals surface area contributed by atoms with Gasteiger partial charge in [-0.05, 0) is 55.5 Å². The molecule has 1 heterocycles. The van der Waals surface area contributed by atoms with Crippen LogP contribution in [-0.2, 0) is 24.8 Å². The first kappa shape index (κ1) is 20.0. The van der Waals surface area contributed by atoms with Gasteiger partial charge in [0.2, 0.25) is 15.9 Å². The molecule has 1 saturated heterocycles. The standard InChI is InChI=1S/C18H18N2O6S2/c1-12-11-27(23,24)20(18(12)22)16-7-9-17(10-8-16)28(25,26)19-15-5-3-14(4-6-15)13(2)21/h3-10,12,19H,11H2,1-2H3. The number of hydrogen-bond acceptors (Lipinski definition) is 6. The van der Waals surface area contributed by atoms with Gasteiger partial charge in [-0.3, -0.25) is 14.3 Å². The van der Waals surface area contributed by atoms with E-state index in [1.165, 1.54) is 62.4 Å². The van der Waals surface area contributed by atoms with Gasteiger partial charge in [-0.1, -0.05) is 6.92 Å². The van der Waals surface area contributed by atoms with E-state index in [2.05, 4.69) is 4.72 Å². The number of carbonyl (C=O) groups is 2. The Morgan fingerprint density at radius 1 is 1.07 bits per heavy atom. The first-order valence-corrected chi connectivity index (χ1v) is 11.4. The third-order valence-corrected chi connectivity index (χ3v) is 7.55. The monoisotopic (exact) mass is 422 g/mol. The molecule has 2 aromatic rings. The van der Waals surface area contributed by atoms with Gasteiger partial charge in [-0.15, -0.1) is 0 Å². The molecule has 148 valence electrons. The molecule has 1 atom stereocenters. The Hall–Kier alpha value is -2.72. The third-order valence-electron chi connectivity index (χ3n) is 4.29. The van der Waals surface area contributed by atoms with Crippen LogP contribution in [0.4, 0.5) is 11.4 Å².